The van der Waals surface area contributed by atoms with Crippen molar-refractivity contribution >= 4 is 28.4 Å². The first kappa shape index (κ1) is 43.7. The number of likely N-dealkylation sites (tertiary alicyclic amines) is 1. The van der Waals surface area contributed by atoms with Gasteiger partial charge in [-0.3, -0.25) is 19.5 Å². The van der Waals surface area contributed by atoms with E-state index in [1.807, 2.05) is 45.2 Å². The first-order valence-electron chi connectivity index (χ1n) is 22.8. The average Bonchev–Trinajstić information content (AvgIpc) is 3.67. The van der Waals surface area contributed by atoms with Gasteiger partial charge >= 0.3 is 0 Å². The molecule has 0 radical (unpaired) electrons. The lowest BCUT2D eigenvalue weighted by molar-refractivity contribution is -0.194. The molecule has 13 nitrogen and oxygen atoms in total. The molecule has 4 fully saturated rings. The minimum Gasteiger partial charge on any atom is -0.508 e. The summed E-state index contributed by atoms with van der Waals surface area (Å²) in [5.41, 5.74) is 7.18. The van der Waals surface area contributed by atoms with Gasteiger partial charge in [0.15, 0.2) is 0 Å². The number of carbonyl (C=O) groups excluding carboxylic acids is 2. The third-order valence-electron chi connectivity index (χ3n) is 13.5. The zero-order valence-electron chi connectivity index (χ0n) is 37.4. The van der Waals surface area contributed by atoms with Crippen molar-refractivity contribution in [2.75, 3.05) is 64.3 Å². The number of piperazine rings is 1. The number of para-hydroxylation sites is 1. The number of benzene rings is 4. The Bertz CT molecular complexity index is 2510. The Morgan fingerprint density at radius 1 is 0.862 bits per heavy atom. The number of aromatic hydroxyl groups is 1. The topological polar surface area (TPSA) is 112 Å². The third-order valence-corrected chi connectivity index (χ3v) is 13.5. The number of nitrogens with zero attached hydrogens (tertiary/aromatic N) is 7. The molecule has 0 bridgehead atoms. The quantitative estimate of drug-likeness (QED) is 0.104. The lowest BCUT2D eigenvalue weighted by Crippen LogP contribution is -2.75. The third kappa shape index (κ3) is 9.35. The summed E-state index contributed by atoms with van der Waals surface area (Å²) in [6, 6.07) is 31.7. The molecule has 4 aliphatic heterocycles. The highest BCUT2D eigenvalue weighted by Crippen LogP contribution is 2.36. The highest BCUT2D eigenvalue weighted by molar-refractivity contribution is 5.98. The molecule has 2 atom stereocenters. The number of amides is 2. The minimum atomic E-state index is -0.783. The van der Waals surface area contributed by atoms with Crippen LogP contribution < -0.4 is 10.6 Å². The van der Waals surface area contributed by atoms with Gasteiger partial charge in [-0.1, -0.05) is 92.0 Å². The molecule has 65 heavy (non-hydrogen) atoms. The van der Waals surface area contributed by atoms with E-state index in [-0.39, 0.29) is 30.7 Å². The summed E-state index contributed by atoms with van der Waals surface area (Å²) < 4.78 is 7.72. The number of fused-ring (bicyclic) bond motifs is 2. The lowest BCUT2D eigenvalue weighted by atomic mass is 9.97. The maximum Gasteiger partial charge on any atom is 0.246 e. The Labute approximate surface area is 382 Å². The van der Waals surface area contributed by atoms with Crippen LogP contribution in [-0.2, 0) is 40.9 Å². The van der Waals surface area contributed by atoms with Gasteiger partial charge < -0.3 is 39.7 Å². The van der Waals surface area contributed by atoms with Gasteiger partial charge in [0.2, 0.25) is 11.8 Å². The molecular weight excluding hydrogens is 815 g/mol. The van der Waals surface area contributed by atoms with E-state index < -0.39 is 12.2 Å². The van der Waals surface area contributed by atoms with Crippen molar-refractivity contribution in [1.82, 2.24) is 39.5 Å². The fourth-order valence-electron chi connectivity index (χ4n) is 10.2. The smallest absolute Gasteiger partial charge is 0.246 e. The van der Waals surface area contributed by atoms with Crippen LogP contribution in [0.4, 0.5) is 5.69 Å². The van der Waals surface area contributed by atoms with Crippen molar-refractivity contribution in [2.45, 2.75) is 50.6 Å². The van der Waals surface area contributed by atoms with Crippen molar-refractivity contribution in [2.24, 2.45) is 7.05 Å². The minimum absolute atomic E-state index is 0.0691. The lowest BCUT2D eigenvalue weighted by Gasteiger charge is -2.56. The van der Waals surface area contributed by atoms with Gasteiger partial charge in [-0.2, -0.15) is 0 Å². The second-order valence-corrected chi connectivity index (χ2v) is 17.6. The predicted molar refractivity (Wildman–Crippen MR) is 256 cm³/mol. The molecule has 3 N–H and O–H groups in total. The molecule has 4 aromatic carbocycles. The highest BCUT2D eigenvalue weighted by Gasteiger charge is 2.50. The van der Waals surface area contributed by atoms with Crippen LogP contribution in [0.5, 0.6) is 5.75 Å². The van der Waals surface area contributed by atoms with Crippen LogP contribution in [0.2, 0.25) is 0 Å². The van der Waals surface area contributed by atoms with Crippen molar-refractivity contribution in [3.8, 4) is 16.9 Å². The van der Waals surface area contributed by atoms with Crippen LogP contribution in [0.25, 0.3) is 22.0 Å². The van der Waals surface area contributed by atoms with Crippen molar-refractivity contribution in [1.29, 1.82) is 0 Å². The number of rotatable bonds is 15. The Hall–Kier alpha value is -6.54. The van der Waals surface area contributed by atoms with Gasteiger partial charge in [0, 0.05) is 88.2 Å². The Morgan fingerprint density at radius 3 is 2.32 bits per heavy atom. The maximum atomic E-state index is 14.9. The number of anilines is 1. The molecular formula is C52H61N9O4. The standard InChI is InChI=1S/C52H61N9O4/c1-5-24-59-36-50(63)60-48(31-39-14-20-45(62)21-15-39)52(64)58(35-49(60)61(59)37(2)53-32-40-10-7-6-8-11-40)33-42-12-9-13-46-47(34-55(4)51(42)46)41-16-18-43(19-17-41)54-38(3)56-25-22-44(23-26-56)57-27-29-65-30-28-57/h5-21,34,44,48-49,53-54,62H,1-3,22-33,35-36H2,4H3/t48-,49-/m0/s1. The maximum absolute atomic E-state index is 14.9. The van der Waals surface area contributed by atoms with Crippen LogP contribution in [-0.4, -0.2) is 128 Å². The molecule has 0 aliphatic carbocycles. The molecule has 4 aliphatic rings. The number of phenolic OH excluding ortho intramolecular Hbond substituents is 1. The molecule has 1 aromatic heterocycles. The number of morpholine rings is 1. The molecule has 338 valence electrons. The molecule has 13 heteroatoms. The van der Waals surface area contributed by atoms with E-state index in [4.69, 9.17) is 4.74 Å². The number of hydrogen-bond acceptors (Lipinski definition) is 10. The molecule has 0 unspecified atom stereocenters. The number of ether oxygens (including phenoxy) is 1. The summed E-state index contributed by atoms with van der Waals surface area (Å²) in [5.74, 6) is 1.43. The van der Waals surface area contributed by atoms with Gasteiger partial charge in [-0.25, -0.2) is 5.01 Å². The van der Waals surface area contributed by atoms with Crippen LogP contribution in [0.1, 0.15) is 29.5 Å². The van der Waals surface area contributed by atoms with E-state index in [2.05, 4.69) is 113 Å². The fraction of sp³-hybridized carbons (Fsp3) is 0.346. The van der Waals surface area contributed by atoms with Gasteiger partial charge in [0.1, 0.15) is 23.8 Å². The van der Waals surface area contributed by atoms with E-state index >= 15 is 0 Å². The second-order valence-electron chi connectivity index (χ2n) is 17.6. The Morgan fingerprint density at radius 2 is 1.60 bits per heavy atom. The number of piperidine rings is 1. The summed E-state index contributed by atoms with van der Waals surface area (Å²) in [6.45, 7) is 20.2. The summed E-state index contributed by atoms with van der Waals surface area (Å²) >= 11 is 0. The summed E-state index contributed by atoms with van der Waals surface area (Å²) in [6.07, 6.45) is 5.96. The zero-order chi connectivity index (χ0) is 45.0. The van der Waals surface area contributed by atoms with Crippen molar-refractivity contribution in [3.05, 3.63) is 157 Å². The van der Waals surface area contributed by atoms with Crippen molar-refractivity contribution in [3.63, 3.8) is 0 Å². The number of hydrogen-bond donors (Lipinski definition) is 3. The van der Waals surface area contributed by atoms with E-state index in [0.29, 0.717) is 37.9 Å². The molecule has 0 saturated carbocycles. The van der Waals surface area contributed by atoms with Gasteiger partial charge in [-0.05, 0) is 59.4 Å². The number of nitrogens with one attached hydrogen (secondary N) is 2. The zero-order valence-corrected chi connectivity index (χ0v) is 37.4. The van der Waals surface area contributed by atoms with Crippen LogP contribution in [0.15, 0.2) is 141 Å². The number of phenols is 1. The monoisotopic (exact) mass is 875 g/mol. The highest BCUT2D eigenvalue weighted by atomic mass is 16.5. The number of aryl methyl sites for hydroxylation is 1. The summed E-state index contributed by atoms with van der Waals surface area (Å²) in [7, 11) is 2.06. The predicted octanol–water partition coefficient (Wildman–Crippen LogP) is 6.32. The molecule has 0 spiro atoms. The van der Waals surface area contributed by atoms with Crippen molar-refractivity contribution < 1.29 is 19.4 Å². The van der Waals surface area contributed by atoms with E-state index in [1.54, 1.807) is 23.1 Å². The summed E-state index contributed by atoms with van der Waals surface area (Å²) in [4.78, 5) is 37.7. The SMILES string of the molecule is C=CCN1CC(=O)N2[C@@H](Cc3ccc(O)cc3)C(=O)N(Cc3cccc4c(-c5ccc(NC(=C)N6CCC(N7CCOCC7)CC6)cc5)cn(C)c34)C[C@@H]2N1C(=C)NCc1ccccc1. The second kappa shape index (κ2) is 19.3. The normalized spacial score (nSPS) is 20.0. The number of aromatic nitrogens is 1. The van der Waals surface area contributed by atoms with Gasteiger partial charge in [0.05, 0.1) is 37.6 Å². The first-order chi connectivity index (χ1) is 31.6. The van der Waals surface area contributed by atoms with Crippen LogP contribution >= 0.6 is 0 Å². The van der Waals surface area contributed by atoms with E-state index in [1.165, 1.54) is 0 Å². The Balaban J connectivity index is 0.956. The van der Waals surface area contributed by atoms with E-state index in [9.17, 15) is 14.7 Å². The summed E-state index contributed by atoms with van der Waals surface area (Å²) in [5, 5.41) is 22.2. The molecule has 5 aromatic rings. The molecule has 4 saturated heterocycles. The average molecular weight is 876 g/mol. The van der Waals surface area contributed by atoms with Crippen LogP contribution in [0, 0.1) is 0 Å². The molecule has 2 amide bonds. The number of hydrazine groups is 1. The fourth-order valence-corrected chi connectivity index (χ4v) is 10.2. The number of carbonyl (C=O) groups is 2. The molecule has 5 heterocycles. The van der Waals surface area contributed by atoms with Crippen LogP contribution in [0.3, 0.4) is 0 Å². The van der Waals surface area contributed by atoms with Gasteiger partial charge in [0.25, 0.3) is 0 Å². The van der Waals surface area contributed by atoms with E-state index in [0.717, 1.165) is 102 Å². The molecule has 9 rings (SSSR count). The first-order valence-corrected chi connectivity index (χ1v) is 22.8. The largest absolute Gasteiger partial charge is 0.508 e. The Kier molecular flexibility index (Phi) is 13.0. The van der Waals surface area contributed by atoms with Gasteiger partial charge in [-0.15, -0.1) is 6.58 Å².